The topological polar surface area (TPSA) is 68.3 Å². The Morgan fingerprint density at radius 1 is 1.15 bits per heavy atom. The highest BCUT2D eigenvalue weighted by Crippen LogP contribution is 2.17. The maximum Gasteiger partial charge on any atom is 0.254 e. The summed E-state index contributed by atoms with van der Waals surface area (Å²) in [4.78, 5) is 28.7. The smallest absolute Gasteiger partial charge is 0.254 e. The van der Waals surface area contributed by atoms with Crippen molar-refractivity contribution in [3.05, 3.63) is 35.9 Å². The number of hydrogen-bond acceptors (Lipinski definition) is 5. The summed E-state index contributed by atoms with van der Waals surface area (Å²) in [6.07, 6.45) is 1.83. The highest BCUT2D eigenvalue weighted by atomic mass is 16.5. The van der Waals surface area contributed by atoms with Crippen molar-refractivity contribution in [2.45, 2.75) is 25.0 Å². The Kier molecular flexibility index (Phi) is 7.20. The number of morpholine rings is 1. The van der Waals surface area contributed by atoms with Crippen LogP contribution >= 0.6 is 0 Å². The van der Waals surface area contributed by atoms with Crippen molar-refractivity contribution in [1.82, 2.24) is 9.80 Å². The van der Waals surface area contributed by atoms with Gasteiger partial charge in [0.2, 0.25) is 5.91 Å². The fourth-order valence-electron chi connectivity index (χ4n) is 3.55. The van der Waals surface area contributed by atoms with E-state index in [0.717, 1.165) is 19.4 Å². The molecular formula is C20H28N2O5. The fourth-order valence-corrected chi connectivity index (χ4v) is 3.55. The van der Waals surface area contributed by atoms with Gasteiger partial charge in [-0.25, -0.2) is 0 Å². The van der Waals surface area contributed by atoms with E-state index in [2.05, 4.69) is 0 Å². The van der Waals surface area contributed by atoms with Crippen LogP contribution in [0.25, 0.3) is 0 Å². The molecule has 0 saturated carbocycles. The first-order valence-electron chi connectivity index (χ1n) is 9.51. The summed E-state index contributed by atoms with van der Waals surface area (Å²) < 4.78 is 16.5. The van der Waals surface area contributed by atoms with E-state index in [-0.39, 0.29) is 30.6 Å². The summed E-state index contributed by atoms with van der Waals surface area (Å²) in [5.41, 5.74) is 0.652. The van der Waals surface area contributed by atoms with Gasteiger partial charge in [-0.1, -0.05) is 18.2 Å². The molecule has 148 valence electrons. The van der Waals surface area contributed by atoms with Crippen molar-refractivity contribution in [3.8, 4) is 0 Å². The molecule has 2 unspecified atom stereocenters. The number of rotatable bonds is 7. The first-order valence-corrected chi connectivity index (χ1v) is 9.51. The Hall–Kier alpha value is -1.96. The number of hydrogen-bond donors (Lipinski definition) is 0. The van der Waals surface area contributed by atoms with Crippen LogP contribution < -0.4 is 0 Å². The van der Waals surface area contributed by atoms with Crippen LogP contribution in [0.3, 0.4) is 0 Å². The van der Waals surface area contributed by atoms with Crippen LogP contribution in [-0.2, 0) is 19.0 Å². The summed E-state index contributed by atoms with van der Waals surface area (Å²) in [5, 5.41) is 0. The van der Waals surface area contributed by atoms with Gasteiger partial charge in [0.1, 0.15) is 6.61 Å². The van der Waals surface area contributed by atoms with Crippen molar-refractivity contribution in [2.24, 2.45) is 0 Å². The molecule has 0 aromatic heterocycles. The van der Waals surface area contributed by atoms with E-state index >= 15 is 0 Å². The number of methoxy groups -OCH3 is 1. The first-order chi connectivity index (χ1) is 13.2. The third-order valence-corrected chi connectivity index (χ3v) is 4.94. The van der Waals surface area contributed by atoms with Crippen LogP contribution in [0.15, 0.2) is 30.3 Å². The average molecular weight is 376 g/mol. The van der Waals surface area contributed by atoms with Crippen LogP contribution in [0.1, 0.15) is 23.2 Å². The zero-order valence-electron chi connectivity index (χ0n) is 15.8. The molecule has 2 fully saturated rings. The molecule has 2 saturated heterocycles. The van der Waals surface area contributed by atoms with Gasteiger partial charge in [0.25, 0.3) is 5.91 Å². The van der Waals surface area contributed by atoms with Gasteiger partial charge < -0.3 is 24.0 Å². The van der Waals surface area contributed by atoms with E-state index in [1.807, 2.05) is 30.3 Å². The summed E-state index contributed by atoms with van der Waals surface area (Å²) >= 11 is 0. The summed E-state index contributed by atoms with van der Waals surface area (Å²) in [5.74, 6) is -0.0825. The number of carbonyl (C=O) groups is 2. The predicted molar refractivity (Wildman–Crippen MR) is 99.5 cm³/mol. The summed E-state index contributed by atoms with van der Waals surface area (Å²) in [6.45, 7) is 3.27. The second kappa shape index (κ2) is 9.82. The van der Waals surface area contributed by atoms with Gasteiger partial charge in [-0.3, -0.25) is 9.59 Å². The molecule has 27 heavy (non-hydrogen) atoms. The largest absolute Gasteiger partial charge is 0.376 e. The zero-order valence-corrected chi connectivity index (χ0v) is 15.8. The molecule has 2 heterocycles. The Morgan fingerprint density at radius 2 is 1.89 bits per heavy atom. The Balaban J connectivity index is 1.66. The van der Waals surface area contributed by atoms with E-state index in [9.17, 15) is 9.59 Å². The molecule has 2 aliphatic heterocycles. The minimum absolute atomic E-state index is 0.0324. The number of benzene rings is 1. The van der Waals surface area contributed by atoms with Crippen molar-refractivity contribution in [3.63, 3.8) is 0 Å². The number of ether oxygens (including phenoxy) is 3. The molecule has 7 heteroatoms. The second-order valence-electron chi connectivity index (χ2n) is 6.98. The molecule has 3 rings (SSSR count). The lowest BCUT2D eigenvalue weighted by atomic mass is 10.1. The standard InChI is InChI=1S/C20H28N2O5/c1-25-15-19(23)21-9-11-27-18(13-21)14-22(12-17-8-5-10-26-17)20(24)16-6-3-2-4-7-16/h2-4,6-7,17-18H,5,8-15H2,1H3. The number of amides is 2. The van der Waals surface area contributed by atoms with E-state index in [4.69, 9.17) is 14.2 Å². The zero-order chi connectivity index (χ0) is 19.1. The molecule has 1 aromatic rings. The minimum atomic E-state index is -0.214. The molecule has 0 spiro atoms. The maximum atomic E-state index is 13.0. The fraction of sp³-hybridized carbons (Fsp3) is 0.600. The molecule has 0 radical (unpaired) electrons. The Bertz CT molecular complexity index is 618. The third-order valence-electron chi connectivity index (χ3n) is 4.94. The average Bonchev–Trinajstić information content (AvgIpc) is 3.21. The van der Waals surface area contributed by atoms with Crippen LogP contribution in [0.4, 0.5) is 0 Å². The molecule has 0 aliphatic carbocycles. The van der Waals surface area contributed by atoms with E-state index in [0.29, 0.717) is 38.3 Å². The van der Waals surface area contributed by atoms with E-state index in [1.165, 1.54) is 7.11 Å². The van der Waals surface area contributed by atoms with Crippen LogP contribution in [0.5, 0.6) is 0 Å². The quantitative estimate of drug-likeness (QED) is 0.715. The van der Waals surface area contributed by atoms with Gasteiger partial charge in [-0.2, -0.15) is 0 Å². The summed E-state index contributed by atoms with van der Waals surface area (Å²) in [7, 11) is 1.51. The van der Waals surface area contributed by atoms with E-state index in [1.54, 1.807) is 9.80 Å². The number of nitrogens with zero attached hydrogens (tertiary/aromatic N) is 2. The molecular weight excluding hydrogens is 348 g/mol. The lowest BCUT2D eigenvalue weighted by Gasteiger charge is -2.36. The van der Waals surface area contributed by atoms with Crippen molar-refractivity contribution < 1.29 is 23.8 Å². The first kappa shape index (κ1) is 19.8. The maximum absolute atomic E-state index is 13.0. The van der Waals surface area contributed by atoms with Gasteiger partial charge in [0, 0.05) is 45.5 Å². The molecule has 2 atom stereocenters. The molecule has 0 N–H and O–H groups in total. The lowest BCUT2D eigenvalue weighted by molar-refractivity contribution is -0.143. The number of carbonyl (C=O) groups excluding carboxylic acids is 2. The van der Waals surface area contributed by atoms with Gasteiger partial charge >= 0.3 is 0 Å². The minimum Gasteiger partial charge on any atom is -0.376 e. The van der Waals surface area contributed by atoms with Crippen LogP contribution in [0, 0.1) is 0 Å². The monoisotopic (exact) mass is 376 g/mol. The van der Waals surface area contributed by atoms with E-state index < -0.39 is 0 Å². The molecule has 2 aliphatic rings. The highest BCUT2D eigenvalue weighted by molar-refractivity contribution is 5.94. The van der Waals surface area contributed by atoms with Crippen molar-refractivity contribution >= 4 is 11.8 Å². The normalized spacial score (nSPS) is 22.6. The summed E-state index contributed by atoms with van der Waals surface area (Å²) in [6, 6.07) is 9.26. The van der Waals surface area contributed by atoms with Gasteiger partial charge in [-0.05, 0) is 25.0 Å². The second-order valence-corrected chi connectivity index (χ2v) is 6.98. The van der Waals surface area contributed by atoms with Gasteiger partial charge in [0.05, 0.1) is 18.8 Å². The Morgan fingerprint density at radius 3 is 2.59 bits per heavy atom. The van der Waals surface area contributed by atoms with Crippen molar-refractivity contribution in [1.29, 1.82) is 0 Å². The molecule has 1 aromatic carbocycles. The van der Waals surface area contributed by atoms with Gasteiger partial charge in [-0.15, -0.1) is 0 Å². The molecule has 2 amide bonds. The van der Waals surface area contributed by atoms with Crippen LogP contribution in [0.2, 0.25) is 0 Å². The van der Waals surface area contributed by atoms with Gasteiger partial charge in [0.15, 0.2) is 0 Å². The SMILES string of the molecule is COCC(=O)N1CCOC(CN(CC2CCCO2)C(=O)c2ccccc2)C1. The lowest BCUT2D eigenvalue weighted by Crippen LogP contribution is -2.52. The molecule has 0 bridgehead atoms. The van der Waals surface area contributed by atoms with Crippen LogP contribution in [-0.4, -0.2) is 86.9 Å². The molecule has 7 nitrogen and oxygen atoms in total. The third kappa shape index (κ3) is 5.51. The Labute approximate surface area is 160 Å². The van der Waals surface area contributed by atoms with Crippen molar-refractivity contribution in [2.75, 3.05) is 53.1 Å². The predicted octanol–water partition coefficient (Wildman–Crippen LogP) is 1.18. The highest BCUT2D eigenvalue weighted by Gasteiger charge is 2.30.